The smallest absolute Gasteiger partial charge is 0.403 e. The summed E-state index contributed by atoms with van der Waals surface area (Å²) in [5.74, 6) is 7.16. The maximum Gasteiger partial charge on any atom is 0.416 e. The van der Waals surface area contributed by atoms with Crippen molar-refractivity contribution in [1.82, 2.24) is 25.1 Å². The third kappa shape index (κ3) is 8.47. The Morgan fingerprint density at radius 1 is 1.17 bits per heavy atom. The molecule has 0 bridgehead atoms. The molecule has 0 saturated carbocycles. The summed E-state index contributed by atoms with van der Waals surface area (Å²) in [5, 5.41) is 16.8. The van der Waals surface area contributed by atoms with Crippen LogP contribution in [0, 0.1) is 24.2 Å². The van der Waals surface area contributed by atoms with Gasteiger partial charge in [0.1, 0.15) is 5.69 Å². The summed E-state index contributed by atoms with van der Waals surface area (Å²) in [6.07, 6.45) is 3.31. The summed E-state index contributed by atoms with van der Waals surface area (Å²) >= 11 is 0. The number of aryl methyl sites for hydroxylation is 1. The second kappa shape index (κ2) is 15.5. The molecule has 1 aliphatic heterocycles. The Kier molecular flexibility index (Phi) is 11.5. The van der Waals surface area contributed by atoms with E-state index in [0.717, 1.165) is 41.6 Å². The number of hydrogen-bond acceptors (Lipinski definition) is 7. The van der Waals surface area contributed by atoms with Crippen LogP contribution in [0.1, 0.15) is 59.1 Å². The van der Waals surface area contributed by atoms with Crippen LogP contribution in [0.15, 0.2) is 67.1 Å². The number of anilines is 1. The molecule has 3 aromatic rings. The summed E-state index contributed by atoms with van der Waals surface area (Å²) in [7, 11) is 1.83. The summed E-state index contributed by atoms with van der Waals surface area (Å²) in [5.41, 5.74) is 10.2. The molecule has 2 heterocycles. The van der Waals surface area contributed by atoms with Gasteiger partial charge in [0.05, 0.1) is 23.2 Å². The van der Waals surface area contributed by atoms with Crippen LogP contribution >= 0.6 is 0 Å². The van der Waals surface area contributed by atoms with Crippen molar-refractivity contribution in [3.05, 3.63) is 106 Å². The van der Waals surface area contributed by atoms with Crippen molar-refractivity contribution < 1.29 is 13.2 Å². The Bertz CT molecular complexity index is 1690. The number of nitrogens with two attached hydrogens (primary N) is 1. The highest BCUT2D eigenvalue weighted by atomic mass is 19.4. The van der Waals surface area contributed by atoms with Gasteiger partial charge in [-0.1, -0.05) is 43.7 Å². The maximum absolute atomic E-state index is 14.2. The molecule has 0 spiro atoms. The van der Waals surface area contributed by atoms with Crippen molar-refractivity contribution in [3.8, 4) is 11.8 Å². The van der Waals surface area contributed by atoms with Gasteiger partial charge in [-0.25, -0.2) is 4.98 Å². The van der Waals surface area contributed by atoms with E-state index in [1.807, 2.05) is 54.6 Å². The SMILES string of the molecule is C=C(Nc1ccc(C)c(C#Cc2cnc3n2CCC=C3N/C(C=N)=C/N)c1)c1ccc(CN(CCC)CCNC)c(C(F)(F)F)c1. The fourth-order valence-corrected chi connectivity index (χ4v) is 5.21. The van der Waals surface area contributed by atoms with Gasteiger partial charge in [0, 0.05) is 55.5 Å². The Labute approximate surface area is 268 Å². The molecule has 0 saturated heterocycles. The topological polar surface area (TPSA) is 107 Å². The fraction of sp³-hybridized carbons (Fsp3) is 0.314. The van der Waals surface area contributed by atoms with Crippen molar-refractivity contribution >= 4 is 23.3 Å². The predicted octanol–water partition coefficient (Wildman–Crippen LogP) is 5.91. The van der Waals surface area contributed by atoms with E-state index in [-0.39, 0.29) is 12.1 Å². The van der Waals surface area contributed by atoms with Crippen LogP contribution in [0.3, 0.4) is 0 Å². The molecule has 46 heavy (non-hydrogen) atoms. The maximum atomic E-state index is 14.2. The molecule has 4 rings (SSSR count). The standard InChI is InChI=1S/C35H41F3N8/c1-5-15-45(17-14-41-4)23-28-10-9-27(19-32(28)35(36,37)38)25(3)43-29-12-8-24(2)26(18-29)11-13-31-22-42-34-33(7-6-16-46(31)34)44-30(20-39)21-40/h7-10,12,18-22,39,41,43-44H,3,5-6,14-17,23,40H2,1-2,4H3/b30-21+,39-20?. The number of halogens is 3. The lowest BCUT2D eigenvalue weighted by molar-refractivity contribution is -0.138. The molecule has 6 N–H and O–H groups in total. The zero-order valence-electron chi connectivity index (χ0n) is 26.5. The van der Waals surface area contributed by atoms with Crippen molar-refractivity contribution in [3.63, 3.8) is 0 Å². The van der Waals surface area contributed by atoms with Gasteiger partial charge in [-0.15, -0.1) is 0 Å². The number of nitrogens with one attached hydrogen (secondary N) is 4. The third-order valence-electron chi connectivity index (χ3n) is 7.65. The number of hydrogen-bond donors (Lipinski definition) is 5. The number of likely N-dealkylation sites (N-methyl/N-ethyl adjacent to an activating group) is 1. The van der Waals surface area contributed by atoms with Crippen LogP contribution in [0.4, 0.5) is 18.9 Å². The highest BCUT2D eigenvalue weighted by Crippen LogP contribution is 2.35. The molecule has 2 aromatic carbocycles. The molecule has 1 aromatic heterocycles. The van der Waals surface area contributed by atoms with Crippen molar-refractivity contribution in [1.29, 1.82) is 5.41 Å². The summed E-state index contributed by atoms with van der Waals surface area (Å²) < 4.78 is 44.6. The Morgan fingerprint density at radius 3 is 2.67 bits per heavy atom. The van der Waals surface area contributed by atoms with Crippen LogP contribution in [0.2, 0.25) is 0 Å². The fourth-order valence-electron chi connectivity index (χ4n) is 5.21. The Balaban J connectivity index is 1.54. The predicted molar refractivity (Wildman–Crippen MR) is 180 cm³/mol. The number of imidazole rings is 1. The largest absolute Gasteiger partial charge is 0.416 e. The number of benzene rings is 2. The van der Waals surface area contributed by atoms with Crippen molar-refractivity contribution in [2.75, 3.05) is 32.0 Å². The van der Waals surface area contributed by atoms with Crippen LogP contribution in [0.5, 0.6) is 0 Å². The molecule has 8 nitrogen and oxygen atoms in total. The van der Waals surface area contributed by atoms with Crippen LogP contribution in [-0.4, -0.2) is 47.3 Å². The first kappa shape index (κ1) is 34.1. The van der Waals surface area contributed by atoms with Crippen LogP contribution < -0.4 is 21.7 Å². The molecule has 0 fully saturated rings. The van der Waals surface area contributed by atoms with Gasteiger partial charge in [-0.2, -0.15) is 13.2 Å². The summed E-state index contributed by atoms with van der Waals surface area (Å²) in [6.45, 7) is 11.0. The molecule has 0 aliphatic carbocycles. The molecule has 0 amide bonds. The first-order valence-corrected chi connectivity index (χ1v) is 15.2. The number of fused-ring (bicyclic) bond motifs is 1. The summed E-state index contributed by atoms with van der Waals surface area (Å²) in [6, 6.07) is 10.0. The molecule has 1 aliphatic rings. The Hall–Kier alpha value is -4.79. The van der Waals surface area contributed by atoms with E-state index in [0.29, 0.717) is 54.6 Å². The monoisotopic (exact) mass is 630 g/mol. The minimum absolute atomic E-state index is 0.217. The molecular formula is C35H41F3N8. The van der Waals surface area contributed by atoms with Gasteiger partial charge in [0.2, 0.25) is 0 Å². The number of alkyl halides is 3. The van der Waals surface area contributed by atoms with Gasteiger partial charge in [0.15, 0.2) is 5.82 Å². The lowest BCUT2D eigenvalue weighted by atomic mass is 10.0. The molecule has 0 atom stereocenters. The lowest BCUT2D eigenvalue weighted by Gasteiger charge is -2.24. The lowest BCUT2D eigenvalue weighted by Crippen LogP contribution is -2.32. The van der Waals surface area contributed by atoms with Crippen molar-refractivity contribution in [2.24, 2.45) is 5.73 Å². The minimum Gasteiger partial charge on any atom is -0.403 e. The molecule has 11 heteroatoms. The average molecular weight is 631 g/mol. The van der Waals surface area contributed by atoms with Gasteiger partial charge < -0.3 is 31.7 Å². The van der Waals surface area contributed by atoms with E-state index in [2.05, 4.69) is 39.4 Å². The van der Waals surface area contributed by atoms with Gasteiger partial charge in [-0.05, 0) is 74.2 Å². The van der Waals surface area contributed by atoms with Crippen LogP contribution in [0.25, 0.3) is 11.4 Å². The number of allylic oxidation sites excluding steroid dienone is 2. The quantitative estimate of drug-likeness (QED) is 0.119. The van der Waals surface area contributed by atoms with Gasteiger partial charge in [-0.3, -0.25) is 4.90 Å². The number of nitrogens with zero attached hydrogens (tertiary/aromatic N) is 3. The van der Waals surface area contributed by atoms with Gasteiger partial charge in [0.25, 0.3) is 0 Å². The second-order valence-electron chi connectivity index (χ2n) is 11.0. The molecule has 242 valence electrons. The van der Waals surface area contributed by atoms with E-state index >= 15 is 0 Å². The average Bonchev–Trinajstić information content (AvgIpc) is 3.46. The highest BCUT2D eigenvalue weighted by Gasteiger charge is 2.34. The second-order valence-corrected chi connectivity index (χ2v) is 11.0. The normalized spacial score (nSPS) is 13.0. The van der Waals surface area contributed by atoms with E-state index in [4.69, 9.17) is 11.1 Å². The minimum atomic E-state index is -4.50. The summed E-state index contributed by atoms with van der Waals surface area (Å²) in [4.78, 5) is 6.56. The van der Waals surface area contributed by atoms with E-state index in [1.165, 1.54) is 12.3 Å². The van der Waals surface area contributed by atoms with Crippen LogP contribution in [-0.2, 0) is 19.3 Å². The molecule has 0 unspecified atom stereocenters. The molecule has 0 radical (unpaired) electrons. The van der Waals surface area contributed by atoms with E-state index in [9.17, 15) is 13.2 Å². The van der Waals surface area contributed by atoms with Crippen molar-refractivity contribution in [2.45, 2.75) is 46.0 Å². The highest BCUT2D eigenvalue weighted by molar-refractivity contribution is 5.79. The first-order valence-electron chi connectivity index (χ1n) is 15.2. The third-order valence-corrected chi connectivity index (χ3v) is 7.65. The van der Waals surface area contributed by atoms with E-state index in [1.54, 1.807) is 18.3 Å². The first-order chi connectivity index (χ1) is 22.1. The Morgan fingerprint density at radius 2 is 1.98 bits per heavy atom. The number of rotatable bonds is 13. The van der Waals surface area contributed by atoms with E-state index < -0.39 is 11.7 Å². The zero-order chi connectivity index (χ0) is 33.3. The van der Waals surface area contributed by atoms with Gasteiger partial charge >= 0.3 is 6.18 Å². The number of aromatic nitrogens is 2. The zero-order valence-corrected chi connectivity index (χ0v) is 26.5. The molecular weight excluding hydrogens is 589 g/mol.